The average molecular weight is 317 g/mol. The van der Waals surface area contributed by atoms with E-state index in [4.69, 9.17) is 4.74 Å². The summed E-state index contributed by atoms with van der Waals surface area (Å²) in [4.78, 5) is 4.63. The van der Waals surface area contributed by atoms with E-state index in [1.165, 1.54) is 5.56 Å². The number of rotatable bonds is 2. The number of aromatic nitrogens is 2. The highest BCUT2D eigenvalue weighted by molar-refractivity contribution is 9.10. The smallest absolute Gasteiger partial charge is 0.137 e. The van der Waals surface area contributed by atoms with E-state index in [1.54, 1.807) is 7.11 Å². The van der Waals surface area contributed by atoms with Crippen molar-refractivity contribution in [1.29, 1.82) is 0 Å². The molecule has 0 N–H and O–H groups in total. The predicted molar refractivity (Wildman–Crippen MR) is 79.6 cm³/mol. The zero-order chi connectivity index (χ0) is 13.4. The van der Waals surface area contributed by atoms with Gasteiger partial charge >= 0.3 is 0 Å². The van der Waals surface area contributed by atoms with Gasteiger partial charge in [-0.15, -0.1) is 0 Å². The zero-order valence-corrected chi connectivity index (χ0v) is 12.3. The van der Waals surface area contributed by atoms with Crippen molar-refractivity contribution in [3.8, 4) is 17.0 Å². The van der Waals surface area contributed by atoms with Gasteiger partial charge in [0.15, 0.2) is 0 Å². The molecule has 19 heavy (non-hydrogen) atoms. The van der Waals surface area contributed by atoms with Gasteiger partial charge < -0.3 is 9.14 Å². The van der Waals surface area contributed by atoms with Crippen molar-refractivity contribution in [2.75, 3.05) is 7.11 Å². The summed E-state index contributed by atoms with van der Waals surface area (Å²) in [7, 11) is 1.66. The van der Waals surface area contributed by atoms with Crippen LogP contribution in [-0.4, -0.2) is 16.5 Å². The molecule has 0 aliphatic heterocycles. The molecule has 2 aromatic heterocycles. The van der Waals surface area contributed by atoms with Gasteiger partial charge in [-0.05, 0) is 52.7 Å². The maximum atomic E-state index is 5.20. The summed E-state index contributed by atoms with van der Waals surface area (Å²) in [5.41, 5.74) is 4.16. The molecule has 3 aromatic rings. The quantitative estimate of drug-likeness (QED) is 0.712. The van der Waals surface area contributed by atoms with Gasteiger partial charge in [-0.1, -0.05) is 6.07 Å². The molecule has 0 fully saturated rings. The molecule has 0 spiro atoms. The molecule has 0 atom stereocenters. The fraction of sp³-hybridized carbons (Fsp3) is 0.133. The number of fused-ring (bicyclic) bond motifs is 1. The summed E-state index contributed by atoms with van der Waals surface area (Å²) >= 11 is 3.57. The highest BCUT2D eigenvalue weighted by atomic mass is 79.9. The molecule has 0 bridgehead atoms. The second-order valence-electron chi connectivity index (χ2n) is 4.44. The highest BCUT2D eigenvalue weighted by Crippen LogP contribution is 2.31. The summed E-state index contributed by atoms with van der Waals surface area (Å²) in [5.74, 6) is 0.829. The molecular weight excluding hydrogens is 304 g/mol. The molecule has 3 rings (SSSR count). The maximum Gasteiger partial charge on any atom is 0.137 e. The number of hydrogen-bond acceptors (Lipinski definition) is 2. The normalized spacial score (nSPS) is 10.9. The number of hydrogen-bond donors (Lipinski definition) is 0. The van der Waals surface area contributed by atoms with Crippen LogP contribution in [0.25, 0.3) is 16.9 Å². The van der Waals surface area contributed by atoms with Crippen LogP contribution < -0.4 is 4.74 Å². The third-order valence-corrected chi connectivity index (χ3v) is 3.71. The Morgan fingerprint density at radius 2 is 2.00 bits per heavy atom. The minimum absolute atomic E-state index is 0.829. The van der Waals surface area contributed by atoms with Gasteiger partial charge in [-0.25, -0.2) is 4.98 Å². The molecule has 4 heteroatoms. The van der Waals surface area contributed by atoms with Crippen LogP contribution in [-0.2, 0) is 0 Å². The number of nitrogens with zero attached hydrogens (tertiary/aromatic N) is 2. The molecule has 0 saturated carbocycles. The second kappa shape index (κ2) is 4.70. The maximum absolute atomic E-state index is 5.20. The molecule has 96 valence electrons. The summed E-state index contributed by atoms with van der Waals surface area (Å²) < 4.78 is 8.23. The van der Waals surface area contributed by atoms with Crippen LogP contribution in [0.2, 0.25) is 0 Å². The van der Waals surface area contributed by atoms with Crippen LogP contribution in [0, 0.1) is 6.92 Å². The Morgan fingerprint density at radius 3 is 2.74 bits per heavy atom. The molecule has 0 saturated heterocycles. The Bertz CT molecular complexity index is 749. The zero-order valence-electron chi connectivity index (χ0n) is 10.7. The first-order valence-electron chi connectivity index (χ1n) is 5.96. The first kappa shape index (κ1) is 12.2. The van der Waals surface area contributed by atoms with Crippen molar-refractivity contribution in [3.63, 3.8) is 0 Å². The van der Waals surface area contributed by atoms with Crippen molar-refractivity contribution < 1.29 is 4.74 Å². The Labute approximate surface area is 120 Å². The van der Waals surface area contributed by atoms with Crippen molar-refractivity contribution in [2.45, 2.75) is 6.92 Å². The van der Waals surface area contributed by atoms with Gasteiger partial charge in [0.05, 0.1) is 12.8 Å². The molecule has 2 heterocycles. The molecule has 0 unspecified atom stereocenters. The first-order valence-corrected chi connectivity index (χ1v) is 6.76. The Kier molecular flexibility index (Phi) is 3.03. The number of ether oxygens (including phenoxy) is 1. The average Bonchev–Trinajstić information content (AvgIpc) is 2.81. The summed E-state index contributed by atoms with van der Waals surface area (Å²) in [6.07, 6.45) is 4.11. The lowest BCUT2D eigenvalue weighted by Gasteiger charge is -2.04. The van der Waals surface area contributed by atoms with E-state index in [9.17, 15) is 0 Å². The highest BCUT2D eigenvalue weighted by Gasteiger charge is 2.09. The number of halogens is 1. The fourth-order valence-corrected chi connectivity index (χ4v) is 2.62. The van der Waals surface area contributed by atoms with Gasteiger partial charge in [0.1, 0.15) is 11.4 Å². The largest absolute Gasteiger partial charge is 0.497 e. The van der Waals surface area contributed by atoms with Gasteiger partial charge in [0.2, 0.25) is 0 Å². The summed E-state index contributed by atoms with van der Waals surface area (Å²) in [5, 5.41) is 0. The summed E-state index contributed by atoms with van der Waals surface area (Å²) in [6, 6.07) is 9.99. The Balaban J connectivity index is 2.13. The van der Waals surface area contributed by atoms with E-state index >= 15 is 0 Å². The van der Waals surface area contributed by atoms with Gasteiger partial charge in [0.25, 0.3) is 0 Å². The van der Waals surface area contributed by atoms with Crippen LogP contribution in [0.3, 0.4) is 0 Å². The number of benzene rings is 1. The number of pyridine rings is 1. The molecule has 0 radical (unpaired) electrons. The lowest BCUT2D eigenvalue weighted by Crippen LogP contribution is -1.84. The van der Waals surface area contributed by atoms with Crippen LogP contribution in [0.1, 0.15) is 5.56 Å². The molecule has 0 aliphatic carbocycles. The first-order chi connectivity index (χ1) is 9.17. The number of imidazole rings is 1. The van der Waals surface area contributed by atoms with Crippen molar-refractivity contribution >= 4 is 21.6 Å². The van der Waals surface area contributed by atoms with Crippen LogP contribution in [0.4, 0.5) is 0 Å². The predicted octanol–water partition coefficient (Wildman–Crippen LogP) is 4.08. The van der Waals surface area contributed by atoms with Crippen molar-refractivity contribution in [2.24, 2.45) is 0 Å². The summed E-state index contributed by atoms with van der Waals surface area (Å²) in [6.45, 7) is 2.07. The van der Waals surface area contributed by atoms with E-state index in [0.717, 1.165) is 27.1 Å². The SMILES string of the molecule is COc1ccc(-c2cn3cc(C)ccc3n2)c(Br)c1. The molecular formula is C15H13BrN2O. The molecule has 0 aliphatic rings. The van der Waals surface area contributed by atoms with E-state index in [1.807, 2.05) is 34.9 Å². The van der Waals surface area contributed by atoms with Crippen molar-refractivity contribution in [1.82, 2.24) is 9.38 Å². The van der Waals surface area contributed by atoms with E-state index in [-0.39, 0.29) is 0 Å². The van der Waals surface area contributed by atoms with Gasteiger partial charge in [-0.2, -0.15) is 0 Å². The standard InChI is InChI=1S/C15H13BrN2O/c1-10-3-6-15-17-14(9-18(15)8-10)12-5-4-11(19-2)7-13(12)16/h3-9H,1-2H3. The third-order valence-electron chi connectivity index (χ3n) is 3.05. The second-order valence-corrected chi connectivity index (χ2v) is 5.30. The lowest BCUT2D eigenvalue weighted by molar-refractivity contribution is 0.414. The van der Waals surface area contributed by atoms with Crippen LogP contribution in [0.15, 0.2) is 47.2 Å². The van der Waals surface area contributed by atoms with E-state index < -0.39 is 0 Å². The molecule has 3 nitrogen and oxygen atoms in total. The van der Waals surface area contributed by atoms with E-state index in [2.05, 4.69) is 40.1 Å². The lowest BCUT2D eigenvalue weighted by atomic mass is 10.1. The monoisotopic (exact) mass is 316 g/mol. The third kappa shape index (κ3) is 2.24. The number of aryl methyl sites for hydroxylation is 1. The molecule has 1 aromatic carbocycles. The van der Waals surface area contributed by atoms with Gasteiger partial charge in [0, 0.05) is 22.4 Å². The van der Waals surface area contributed by atoms with Crippen molar-refractivity contribution in [3.05, 3.63) is 52.8 Å². The molecule has 0 amide bonds. The number of methoxy groups -OCH3 is 1. The van der Waals surface area contributed by atoms with E-state index in [0.29, 0.717) is 0 Å². The minimum atomic E-state index is 0.829. The van der Waals surface area contributed by atoms with Crippen LogP contribution in [0.5, 0.6) is 5.75 Å². The minimum Gasteiger partial charge on any atom is -0.497 e. The fourth-order valence-electron chi connectivity index (χ4n) is 2.06. The topological polar surface area (TPSA) is 26.5 Å². The Hall–Kier alpha value is -1.81. The Morgan fingerprint density at radius 1 is 1.16 bits per heavy atom. The van der Waals surface area contributed by atoms with Crippen LogP contribution >= 0.6 is 15.9 Å². The van der Waals surface area contributed by atoms with Gasteiger partial charge in [-0.3, -0.25) is 0 Å².